The first-order valence-electron chi connectivity index (χ1n) is 49.1. The van der Waals surface area contributed by atoms with Crippen LogP contribution in [0.2, 0.25) is 0 Å². The van der Waals surface area contributed by atoms with Gasteiger partial charge in [-0.3, -0.25) is 0 Å². The van der Waals surface area contributed by atoms with Gasteiger partial charge in [-0.1, -0.05) is 311 Å². The molecule has 0 atom stereocenters. The Balaban J connectivity index is 0.000000140. The summed E-state index contributed by atoms with van der Waals surface area (Å²) in [5.74, 6) is 0. The van der Waals surface area contributed by atoms with Crippen LogP contribution in [0.1, 0.15) is 25.0 Å². The number of rotatable bonds is 15. The first-order chi connectivity index (χ1) is 70.6. The summed E-state index contributed by atoms with van der Waals surface area (Å²) in [6.07, 6.45) is 0. The highest BCUT2D eigenvalue weighted by molar-refractivity contribution is 6.16. The summed E-state index contributed by atoms with van der Waals surface area (Å²) in [4.78, 5) is 4.76. The Bertz CT molecular complexity index is 9910. The minimum Gasteiger partial charge on any atom is -0.456 e. The maximum atomic E-state index is 6.35. The highest BCUT2D eigenvalue weighted by atomic mass is 16.3. The van der Waals surface area contributed by atoms with Gasteiger partial charge >= 0.3 is 0 Å². The molecule has 29 rings (SSSR count). The van der Waals surface area contributed by atoms with Crippen LogP contribution in [0.5, 0.6) is 0 Å². The number of benzene rings is 22. The van der Waals surface area contributed by atoms with Crippen LogP contribution in [-0.4, -0.2) is 18.3 Å². The van der Waals surface area contributed by atoms with Crippen LogP contribution in [0.3, 0.4) is 0 Å². The molecule has 0 radical (unpaired) electrons. The lowest BCUT2D eigenvalue weighted by Gasteiger charge is -2.28. The summed E-state index contributed by atoms with van der Waals surface area (Å²) >= 11 is 0. The minimum absolute atomic E-state index is 0.262. The van der Waals surface area contributed by atoms with Gasteiger partial charge in [-0.2, -0.15) is 0 Å². The zero-order valence-electron chi connectivity index (χ0n) is 78.5. The Morgan fingerprint density at radius 3 is 0.811 bits per heavy atom. The van der Waals surface area contributed by atoms with E-state index in [1.807, 2.05) is 18.2 Å². The molecule has 143 heavy (non-hydrogen) atoms. The normalized spacial score (nSPS) is 12.3. The topological polar surface area (TPSA) is 52.5 Å². The quantitative estimate of drug-likeness (QED) is 0.103. The third kappa shape index (κ3) is 13.7. The SMILES string of the molecule is CC1(C)c2cc(-c3ccc4c5ccccc5n(-c5ccccc5)c4c3)ccc2-c2ccc(N(c3ccc(-c4ccc5c(c4)c4ccccc4n5-c4ccccc4)cc3)c3ccc4oc5ccccc5c4c3)cc21.c1ccc(-n2c3ccccc3c3cc(-c4ccc(-c5ccc(N(c6ccc(-c7ccc8c9ccccc9n(-c9ccccc9)c8c7)cc6)c6ccc7oc8ccccc8c7c6)cc5)cc4)ccc32)cc1. The van der Waals surface area contributed by atoms with Crippen molar-refractivity contribution in [2.24, 2.45) is 0 Å². The van der Waals surface area contributed by atoms with Gasteiger partial charge in [0.25, 0.3) is 0 Å². The molecule has 6 heterocycles. The van der Waals surface area contributed by atoms with E-state index in [-0.39, 0.29) is 5.41 Å². The molecule has 1 aliphatic rings. The number of para-hydroxylation sites is 10. The Morgan fingerprint density at radius 2 is 0.406 bits per heavy atom. The zero-order valence-corrected chi connectivity index (χ0v) is 78.5. The predicted molar refractivity (Wildman–Crippen MR) is 599 cm³/mol. The molecular weight excluding hydrogens is 1740 g/mol. The molecule has 0 saturated heterocycles. The van der Waals surface area contributed by atoms with Crippen molar-refractivity contribution < 1.29 is 8.83 Å². The summed E-state index contributed by atoms with van der Waals surface area (Å²) in [6.45, 7) is 4.77. The lowest BCUT2D eigenvalue weighted by Crippen LogP contribution is -2.16. The summed E-state index contributed by atoms with van der Waals surface area (Å²) in [6, 6.07) is 185. The van der Waals surface area contributed by atoms with Gasteiger partial charge < -0.3 is 36.9 Å². The van der Waals surface area contributed by atoms with Crippen molar-refractivity contribution >= 4 is 165 Å². The molecule has 0 amide bonds. The third-order valence-electron chi connectivity index (χ3n) is 29.8. The standard InChI is InChI=1S/C69H47N3O.C66H43N3O/c1-69(2)61-40-46(47-28-35-57-55-19-9-12-22-63(55)72(66(57)41-47)49-17-7-4-8-18-49)27-34-53(61)54-36-32-52(43-62(54)69)70(51-33-38-68-60(42-51)58-21-11-14-24-67(58)73-68)50-30-25-44(26-31-50)45-29-37-65-59(39-45)56-20-10-13-23-64(56)71(65)48-15-5-3-6-16-48;1-3-13-50(14-4-1)68-62-21-11-8-18-56(62)59-41-48(32-39-63(59)68)46-25-23-44(24-26-46)45-27-33-52(34-28-45)67(54-37-40-66-60(43-54)58-19-9-12-22-65(58)70-66)53-35-29-47(30-36-53)49-31-38-57-55-17-7-10-20-61(55)69(64(57)42-49)51-15-5-2-6-16-51/h3-43H,1-2H3;1-43H. The van der Waals surface area contributed by atoms with Crippen LogP contribution in [0.15, 0.2) is 518 Å². The minimum atomic E-state index is -0.262. The summed E-state index contributed by atoms with van der Waals surface area (Å²) in [5, 5.41) is 14.4. The van der Waals surface area contributed by atoms with Crippen molar-refractivity contribution in [2.75, 3.05) is 9.80 Å². The second-order valence-electron chi connectivity index (χ2n) is 38.2. The molecule has 28 aromatic rings. The maximum absolute atomic E-state index is 6.35. The zero-order chi connectivity index (χ0) is 94.5. The number of hydrogen-bond donors (Lipinski definition) is 0. The monoisotopic (exact) mass is 1830 g/mol. The molecule has 1 aliphatic carbocycles. The van der Waals surface area contributed by atoms with Crippen LogP contribution in [0.25, 0.3) is 221 Å². The maximum Gasteiger partial charge on any atom is 0.135 e. The molecule has 0 bridgehead atoms. The van der Waals surface area contributed by atoms with Gasteiger partial charge in [-0.25, -0.2) is 0 Å². The van der Waals surface area contributed by atoms with Crippen LogP contribution in [0.4, 0.5) is 34.1 Å². The van der Waals surface area contributed by atoms with E-state index in [4.69, 9.17) is 8.83 Å². The van der Waals surface area contributed by atoms with Crippen LogP contribution in [-0.2, 0) is 5.41 Å². The van der Waals surface area contributed by atoms with E-state index in [0.29, 0.717) is 0 Å². The number of aromatic nitrogens is 4. The Hall–Kier alpha value is -18.8. The summed E-state index contributed by atoms with van der Waals surface area (Å²) < 4.78 is 22.2. The molecule has 672 valence electrons. The first-order valence-corrected chi connectivity index (χ1v) is 49.1. The average Bonchev–Trinajstić information content (AvgIpc) is 1.57. The fourth-order valence-corrected chi connectivity index (χ4v) is 22.9. The largest absolute Gasteiger partial charge is 0.456 e. The molecule has 22 aromatic carbocycles. The van der Waals surface area contributed by atoms with Crippen molar-refractivity contribution in [2.45, 2.75) is 19.3 Å². The highest BCUT2D eigenvalue weighted by Crippen LogP contribution is 2.54. The van der Waals surface area contributed by atoms with Gasteiger partial charge in [0.2, 0.25) is 0 Å². The van der Waals surface area contributed by atoms with Crippen molar-refractivity contribution in [3.8, 4) is 89.5 Å². The molecule has 0 unspecified atom stereocenters. The van der Waals surface area contributed by atoms with Crippen molar-refractivity contribution in [3.05, 3.63) is 521 Å². The lowest BCUT2D eigenvalue weighted by molar-refractivity contribution is 0.660. The van der Waals surface area contributed by atoms with Crippen molar-refractivity contribution in [1.29, 1.82) is 0 Å². The summed E-state index contributed by atoms with van der Waals surface area (Å²) in [7, 11) is 0. The van der Waals surface area contributed by atoms with E-state index >= 15 is 0 Å². The van der Waals surface area contributed by atoms with Gasteiger partial charge in [0.15, 0.2) is 0 Å². The molecule has 0 spiro atoms. The van der Waals surface area contributed by atoms with Crippen LogP contribution < -0.4 is 9.80 Å². The van der Waals surface area contributed by atoms with Gasteiger partial charge in [-0.15, -0.1) is 0 Å². The van der Waals surface area contributed by atoms with E-state index in [0.717, 1.165) is 106 Å². The number of furan rings is 2. The predicted octanol–water partition coefficient (Wildman–Crippen LogP) is 37.1. The molecule has 6 aromatic heterocycles. The third-order valence-corrected chi connectivity index (χ3v) is 29.8. The fourth-order valence-electron chi connectivity index (χ4n) is 22.9. The van der Waals surface area contributed by atoms with Gasteiger partial charge in [0.05, 0.1) is 44.1 Å². The molecule has 0 fully saturated rings. The van der Waals surface area contributed by atoms with Gasteiger partial charge in [-0.05, 0) is 290 Å². The van der Waals surface area contributed by atoms with Crippen molar-refractivity contribution in [1.82, 2.24) is 18.3 Å². The molecule has 8 heteroatoms. The van der Waals surface area contributed by atoms with Gasteiger partial charge in [0.1, 0.15) is 22.3 Å². The Morgan fingerprint density at radius 1 is 0.161 bits per heavy atom. The second-order valence-corrected chi connectivity index (χ2v) is 38.2. The number of hydrogen-bond acceptors (Lipinski definition) is 4. The smallest absolute Gasteiger partial charge is 0.135 e. The van der Waals surface area contributed by atoms with E-state index < -0.39 is 0 Å². The van der Waals surface area contributed by atoms with E-state index in [9.17, 15) is 0 Å². The van der Waals surface area contributed by atoms with Gasteiger partial charge in [0, 0.05) is 127 Å². The number of nitrogens with zero attached hydrogens (tertiary/aromatic N) is 6. The van der Waals surface area contributed by atoms with Crippen LogP contribution >= 0.6 is 0 Å². The molecular formula is C135H90N6O2. The van der Waals surface area contributed by atoms with Crippen molar-refractivity contribution in [3.63, 3.8) is 0 Å². The lowest BCUT2D eigenvalue weighted by atomic mass is 9.81. The average molecular weight is 1830 g/mol. The molecule has 8 nitrogen and oxygen atoms in total. The number of anilines is 6. The van der Waals surface area contributed by atoms with Crippen LogP contribution in [0, 0.1) is 0 Å². The summed E-state index contributed by atoms with van der Waals surface area (Å²) in [5.41, 5.74) is 41.1. The first kappa shape index (κ1) is 82.5. The highest BCUT2D eigenvalue weighted by Gasteiger charge is 2.37. The Labute approximate surface area is 825 Å². The molecule has 0 saturated carbocycles. The van der Waals surface area contributed by atoms with E-state index in [1.54, 1.807) is 0 Å². The number of fused-ring (bicyclic) bond motifs is 21. The Kier molecular flexibility index (Phi) is 19.2. The fraction of sp³-hybridized carbons (Fsp3) is 0.0222. The van der Waals surface area contributed by atoms with E-state index in [1.165, 1.54) is 160 Å². The molecule has 0 N–H and O–H groups in total. The second kappa shape index (κ2) is 33.3. The molecule has 0 aliphatic heterocycles. The van der Waals surface area contributed by atoms with E-state index in [2.05, 4.69) is 533 Å².